The third-order valence-electron chi connectivity index (χ3n) is 5.16. The molecule has 0 saturated carbocycles. The average molecular weight is 416 g/mol. The van der Waals surface area contributed by atoms with E-state index in [0.717, 1.165) is 55.1 Å². The van der Waals surface area contributed by atoms with E-state index >= 15 is 0 Å². The van der Waals surface area contributed by atoms with Crippen molar-refractivity contribution in [2.24, 2.45) is 0 Å². The molecule has 6 nitrogen and oxygen atoms in total. The Kier molecular flexibility index (Phi) is 7.41. The maximum Gasteiger partial charge on any atom is 0.341 e. The lowest BCUT2D eigenvalue weighted by molar-refractivity contribution is -0.117. The number of rotatable bonds is 7. The number of amides is 1. The molecule has 2 heterocycles. The number of anilines is 1. The van der Waals surface area contributed by atoms with Gasteiger partial charge in [0.15, 0.2) is 0 Å². The Morgan fingerprint density at radius 3 is 2.38 bits per heavy atom. The predicted octanol–water partition coefficient (Wildman–Crippen LogP) is 3.48. The normalized spacial score (nSPS) is 15.3. The van der Waals surface area contributed by atoms with Crippen LogP contribution >= 0.6 is 11.3 Å². The van der Waals surface area contributed by atoms with Crippen molar-refractivity contribution in [3.63, 3.8) is 0 Å². The molecule has 1 saturated heterocycles. The number of ether oxygens (including phenoxy) is 1. The van der Waals surface area contributed by atoms with Crippen LogP contribution in [0.2, 0.25) is 0 Å². The number of benzene rings is 1. The van der Waals surface area contributed by atoms with Gasteiger partial charge in [-0.05, 0) is 25.5 Å². The van der Waals surface area contributed by atoms with Gasteiger partial charge in [0, 0.05) is 36.6 Å². The van der Waals surface area contributed by atoms with Crippen LogP contribution < -0.4 is 5.32 Å². The lowest BCUT2D eigenvalue weighted by atomic mass is 10.0. The zero-order valence-electron chi connectivity index (χ0n) is 17.4. The van der Waals surface area contributed by atoms with Gasteiger partial charge < -0.3 is 15.0 Å². The molecular formula is C22H29N3O3S. The summed E-state index contributed by atoms with van der Waals surface area (Å²) in [5.74, 6) is -0.531. The van der Waals surface area contributed by atoms with Crippen molar-refractivity contribution in [2.75, 3.05) is 51.7 Å². The van der Waals surface area contributed by atoms with Crippen LogP contribution in [0.25, 0.3) is 11.1 Å². The molecule has 1 aromatic carbocycles. The van der Waals surface area contributed by atoms with Crippen LogP contribution in [0.5, 0.6) is 0 Å². The Morgan fingerprint density at radius 1 is 1.10 bits per heavy atom. The van der Waals surface area contributed by atoms with E-state index in [9.17, 15) is 9.59 Å². The highest BCUT2D eigenvalue weighted by Crippen LogP contribution is 2.40. The molecule has 1 amide bonds. The van der Waals surface area contributed by atoms with Crippen molar-refractivity contribution in [3.8, 4) is 11.1 Å². The number of methoxy groups -OCH3 is 1. The molecule has 2 aromatic rings. The fraction of sp³-hybridized carbons (Fsp3) is 0.455. The first-order chi connectivity index (χ1) is 14.0. The number of hydrogen-bond acceptors (Lipinski definition) is 6. The average Bonchev–Trinajstić information content (AvgIpc) is 3.05. The van der Waals surface area contributed by atoms with Crippen molar-refractivity contribution in [3.05, 3.63) is 40.8 Å². The molecular weight excluding hydrogens is 386 g/mol. The Hall–Kier alpha value is -2.22. The van der Waals surface area contributed by atoms with Crippen LogP contribution in [0, 0.1) is 6.92 Å². The summed E-state index contributed by atoms with van der Waals surface area (Å²) in [7, 11) is 1.37. The zero-order valence-corrected chi connectivity index (χ0v) is 18.2. The summed E-state index contributed by atoms with van der Waals surface area (Å²) in [5.41, 5.74) is 2.20. The van der Waals surface area contributed by atoms with Gasteiger partial charge in [0.05, 0.1) is 13.7 Å². The van der Waals surface area contributed by atoms with Crippen molar-refractivity contribution in [1.29, 1.82) is 0 Å². The molecule has 1 N–H and O–H groups in total. The number of carbonyl (C=O) groups is 2. The second kappa shape index (κ2) is 10.0. The number of esters is 1. The first-order valence-corrected chi connectivity index (χ1v) is 10.9. The highest BCUT2D eigenvalue weighted by Gasteiger charge is 2.26. The van der Waals surface area contributed by atoms with E-state index in [2.05, 4.69) is 22.0 Å². The molecule has 1 aliphatic heterocycles. The van der Waals surface area contributed by atoms with Crippen LogP contribution in [0.4, 0.5) is 5.00 Å². The predicted molar refractivity (Wildman–Crippen MR) is 118 cm³/mol. The van der Waals surface area contributed by atoms with Crippen LogP contribution in [0.15, 0.2) is 30.3 Å². The summed E-state index contributed by atoms with van der Waals surface area (Å²) >= 11 is 1.42. The lowest BCUT2D eigenvalue weighted by Gasteiger charge is -2.34. The minimum Gasteiger partial charge on any atom is -0.465 e. The first kappa shape index (κ1) is 21.5. The van der Waals surface area contributed by atoms with Crippen molar-refractivity contribution in [2.45, 2.75) is 20.3 Å². The number of piperazine rings is 1. The molecule has 0 radical (unpaired) electrons. The van der Waals surface area contributed by atoms with Crippen molar-refractivity contribution < 1.29 is 14.3 Å². The molecule has 29 heavy (non-hydrogen) atoms. The van der Waals surface area contributed by atoms with Crippen LogP contribution in [0.3, 0.4) is 0 Å². The van der Waals surface area contributed by atoms with Crippen molar-refractivity contribution >= 4 is 28.2 Å². The number of thiophene rings is 1. The van der Waals surface area contributed by atoms with Gasteiger partial charge in [0.1, 0.15) is 10.6 Å². The summed E-state index contributed by atoms with van der Waals surface area (Å²) in [6.07, 6.45) is 1.15. The van der Waals surface area contributed by atoms with E-state index < -0.39 is 5.97 Å². The molecule has 0 spiro atoms. The van der Waals surface area contributed by atoms with Gasteiger partial charge in [0.2, 0.25) is 5.91 Å². The summed E-state index contributed by atoms with van der Waals surface area (Å²) in [6, 6.07) is 9.73. The maximum absolute atomic E-state index is 12.7. The Balaban J connectivity index is 1.74. The van der Waals surface area contributed by atoms with Gasteiger partial charge in [0.25, 0.3) is 0 Å². The molecule has 7 heteroatoms. The second-order valence-electron chi connectivity index (χ2n) is 7.26. The summed E-state index contributed by atoms with van der Waals surface area (Å²) in [5, 5.41) is 3.52. The van der Waals surface area contributed by atoms with Gasteiger partial charge in [-0.25, -0.2) is 4.79 Å². The van der Waals surface area contributed by atoms with E-state index in [-0.39, 0.29) is 5.91 Å². The molecule has 0 aliphatic carbocycles. The highest BCUT2D eigenvalue weighted by molar-refractivity contribution is 7.17. The minimum atomic E-state index is -0.434. The molecule has 1 aromatic heterocycles. The number of hydrogen-bond donors (Lipinski definition) is 1. The van der Waals surface area contributed by atoms with Gasteiger partial charge in [-0.2, -0.15) is 0 Å². The first-order valence-electron chi connectivity index (χ1n) is 10.0. The van der Waals surface area contributed by atoms with Gasteiger partial charge in [-0.3, -0.25) is 9.69 Å². The minimum absolute atomic E-state index is 0.0973. The van der Waals surface area contributed by atoms with Gasteiger partial charge >= 0.3 is 5.97 Å². The summed E-state index contributed by atoms with van der Waals surface area (Å²) in [4.78, 5) is 30.8. The standard InChI is InChI=1S/C22H29N3O3S/c1-4-10-24-11-13-25(14-12-24)15-18(26)23-21-20(22(27)28-3)19(16(2)29-21)17-8-6-5-7-9-17/h5-9H,4,10-15H2,1-3H3,(H,23,26). The topological polar surface area (TPSA) is 61.9 Å². The smallest absolute Gasteiger partial charge is 0.341 e. The molecule has 0 atom stereocenters. The van der Waals surface area contributed by atoms with E-state index in [1.54, 1.807) is 0 Å². The SMILES string of the molecule is CCCN1CCN(CC(=O)Nc2sc(C)c(-c3ccccc3)c2C(=O)OC)CC1. The lowest BCUT2D eigenvalue weighted by Crippen LogP contribution is -2.48. The second-order valence-corrected chi connectivity index (χ2v) is 8.49. The zero-order chi connectivity index (χ0) is 20.8. The van der Waals surface area contributed by atoms with E-state index in [4.69, 9.17) is 4.74 Å². The van der Waals surface area contributed by atoms with Crippen LogP contribution in [-0.2, 0) is 9.53 Å². The fourth-order valence-electron chi connectivity index (χ4n) is 3.74. The molecule has 3 rings (SSSR count). The Morgan fingerprint density at radius 2 is 1.76 bits per heavy atom. The number of aryl methyl sites for hydroxylation is 1. The molecule has 0 bridgehead atoms. The van der Waals surface area contributed by atoms with Crippen molar-refractivity contribution in [1.82, 2.24) is 9.80 Å². The van der Waals surface area contributed by atoms with Crippen LogP contribution in [-0.4, -0.2) is 68.1 Å². The van der Waals surface area contributed by atoms with E-state index in [1.807, 2.05) is 37.3 Å². The fourth-order valence-corrected chi connectivity index (χ4v) is 4.82. The Bertz CT molecular complexity index is 842. The van der Waals surface area contributed by atoms with E-state index in [0.29, 0.717) is 17.1 Å². The third-order valence-corrected chi connectivity index (χ3v) is 6.18. The number of carbonyl (C=O) groups excluding carboxylic acids is 2. The number of nitrogens with zero attached hydrogens (tertiary/aromatic N) is 2. The van der Waals surface area contributed by atoms with E-state index in [1.165, 1.54) is 18.4 Å². The third kappa shape index (κ3) is 5.23. The summed E-state index contributed by atoms with van der Waals surface area (Å²) < 4.78 is 5.02. The Labute approximate surface area is 176 Å². The molecule has 1 fully saturated rings. The monoisotopic (exact) mass is 415 g/mol. The highest BCUT2D eigenvalue weighted by atomic mass is 32.1. The molecule has 156 valence electrons. The largest absolute Gasteiger partial charge is 0.465 e. The van der Waals surface area contributed by atoms with Crippen LogP contribution in [0.1, 0.15) is 28.6 Å². The molecule has 0 unspecified atom stereocenters. The summed E-state index contributed by atoms with van der Waals surface area (Å²) in [6.45, 7) is 9.34. The van der Waals surface area contributed by atoms with Gasteiger partial charge in [-0.15, -0.1) is 11.3 Å². The quantitative estimate of drug-likeness (QED) is 0.702. The number of nitrogens with one attached hydrogen (secondary N) is 1. The molecule has 1 aliphatic rings. The maximum atomic E-state index is 12.7. The van der Waals surface area contributed by atoms with Gasteiger partial charge in [-0.1, -0.05) is 37.3 Å².